The number of rotatable bonds is 8. The molecule has 5 rings (SSSR count). The van der Waals surface area contributed by atoms with E-state index in [0.29, 0.717) is 17.1 Å². The molecule has 2 aliphatic rings. The van der Waals surface area contributed by atoms with Crippen LogP contribution in [0.4, 0.5) is 5.69 Å². The van der Waals surface area contributed by atoms with Gasteiger partial charge in [0, 0.05) is 11.6 Å². The topological polar surface area (TPSA) is 120 Å². The molecule has 10 nitrogen and oxygen atoms in total. The van der Waals surface area contributed by atoms with Gasteiger partial charge in [-0.25, -0.2) is 18.1 Å². The van der Waals surface area contributed by atoms with Gasteiger partial charge in [-0.2, -0.15) is 4.31 Å². The minimum Gasteiger partial charge on any atom is -0.462 e. The average Bonchev–Trinajstić information content (AvgIpc) is 3.51. The maximum Gasteiger partial charge on any atom is 0.338 e. The summed E-state index contributed by atoms with van der Waals surface area (Å²) >= 11 is 12.3. The van der Waals surface area contributed by atoms with Gasteiger partial charge in [0.2, 0.25) is 22.7 Å². The van der Waals surface area contributed by atoms with Crippen LogP contribution in [0.1, 0.15) is 29.3 Å². The Morgan fingerprint density at radius 2 is 1.75 bits per heavy atom. The lowest BCUT2D eigenvalue weighted by Gasteiger charge is -2.27. The summed E-state index contributed by atoms with van der Waals surface area (Å²) in [4.78, 5) is 39.4. The maximum atomic E-state index is 14.0. The number of carbonyl (C=O) groups is 3. The highest BCUT2D eigenvalue weighted by molar-refractivity contribution is 7.89. The highest BCUT2D eigenvalue weighted by atomic mass is 35.5. The summed E-state index contributed by atoms with van der Waals surface area (Å²) < 4.78 is 44.7. The number of imide groups is 1. The van der Waals surface area contributed by atoms with Crippen molar-refractivity contribution in [2.75, 3.05) is 18.3 Å². The molecule has 2 aliphatic heterocycles. The fourth-order valence-corrected chi connectivity index (χ4v) is 6.76. The van der Waals surface area contributed by atoms with E-state index >= 15 is 0 Å². The third-order valence-electron chi connectivity index (χ3n) is 6.36. The van der Waals surface area contributed by atoms with Crippen molar-refractivity contribution in [1.29, 1.82) is 0 Å². The maximum absolute atomic E-state index is 14.0. The molecule has 1 fully saturated rings. The Hall–Kier alpha value is -3.64. The van der Waals surface area contributed by atoms with E-state index < -0.39 is 40.3 Å². The number of sulfonamides is 1. The summed E-state index contributed by atoms with van der Waals surface area (Å²) in [6.07, 6.45) is -0.416. The molecule has 1 atom stereocenters. The Bertz CT molecular complexity index is 1610. The summed E-state index contributed by atoms with van der Waals surface area (Å²) in [7, 11) is -4.45. The second-order valence-electron chi connectivity index (χ2n) is 8.87. The first-order valence-electron chi connectivity index (χ1n) is 12.1. The summed E-state index contributed by atoms with van der Waals surface area (Å²) in [5.41, 5.74) is 0.916. The number of nitrogens with zero attached hydrogens (tertiary/aromatic N) is 2. The molecule has 0 aliphatic carbocycles. The zero-order valence-corrected chi connectivity index (χ0v) is 23.3. The zero-order chi connectivity index (χ0) is 28.6. The Kier molecular flexibility index (Phi) is 7.74. The van der Waals surface area contributed by atoms with Crippen molar-refractivity contribution in [3.63, 3.8) is 0 Å². The highest BCUT2D eigenvalue weighted by Gasteiger charge is 2.47. The van der Waals surface area contributed by atoms with Gasteiger partial charge in [0.25, 0.3) is 5.91 Å². The third-order valence-corrected chi connectivity index (χ3v) is 8.93. The van der Waals surface area contributed by atoms with E-state index in [-0.39, 0.29) is 46.1 Å². The number of esters is 1. The monoisotopic (exact) mass is 604 g/mol. The quantitative estimate of drug-likeness (QED) is 0.274. The van der Waals surface area contributed by atoms with Crippen LogP contribution in [-0.4, -0.2) is 49.9 Å². The molecule has 3 aromatic rings. The van der Waals surface area contributed by atoms with Crippen molar-refractivity contribution >= 4 is 56.7 Å². The first-order chi connectivity index (χ1) is 19.1. The van der Waals surface area contributed by atoms with Crippen LogP contribution in [0.2, 0.25) is 10.0 Å². The van der Waals surface area contributed by atoms with Gasteiger partial charge < -0.3 is 14.2 Å². The van der Waals surface area contributed by atoms with Crippen LogP contribution < -0.4 is 14.4 Å². The van der Waals surface area contributed by atoms with Crippen LogP contribution in [-0.2, 0) is 30.9 Å². The first-order valence-corrected chi connectivity index (χ1v) is 14.3. The molecule has 208 valence electrons. The standard InChI is InChI=1S/C27H22Cl2N2O8S/c1-2-37-27(34)17-4-7-19(8-5-17)31-25(32)13-21(26(31)33)30(14-16-3-10-22-23(11-16)39-15-38-22)40(35,36)24-12-18(28)6-9-20(24)29/h3-12,21H,2,13-15H2,1H3. The lowest BCUT2D eigenvalue weighted by Crippen LogP contribution is -2.45. The van der Waals surface area contributed by atoms with Crippen LogP contribution >= 0.6 is 23.2 Å². The minimum absolute atomic E-state index is 0.0262. The molecular formula is C27H22Cl2N2O8S. The van der Waals surface area contributed by atoms with Crippen molar-refractivity contribution < 1.29 is 37.0 Å². The second kappa shape index (κ2) is 11.1. The number of hydrogen-bond donors (Lipinski definition) is 0. The fourth-order valence-electron chi connectivity index (χ4n) is 4.46. The van der Waals surface area contributed by atoms with Crippen LogP contribution in [0.15, 0.2) is 65.6 Å². The molecule has 0 radical (unpaired) electrons. The van der Waals surface area contributed by atoms with Crippen LogP contribution in [0.25, 0.3) is 0 Å². The second-order valence-corrected chi connectivity index (χ2v) is 11.6. The SMILES string of the molecule is CCOC(=O)c1ccc(N2C(=O)CC(N(Cc3ccc4c(c3)OCO4)S(=O)(=O)c3cc(Cl)ccc3Cl)C2=O)cc1. The molecule has 0 aromatic heterocycles. The summed E-state index contributed by atoms with van der Waals surface area (Å²) in [6, 6.07) is 13.2. The number of carbonyl (C=O) groups excluding carboxylic acids is 3. The van der Waals surface area contributed by atoms with Crippen molar-refractivity contribution in [3.05, 3.63) is 81.8 Å². The fraction of sp³-hybridized carbons (Fsp3) is 0.222. The van der Waals surface area contributed by atoms with Gasteiger partial charge >= 0.3 is 5.97 Å². The van der Waals surface area contributed by atoms with Gasteiger partial charge in [-0.05, 0) is 67.1 Å². The minimum atomic E-state index is -4.45. The molecule has 3 aromatic carbocycles. The van der Waals surface area contributed by atoms with E-state index in [1.165, 1.54) is 42.5 Å². The highest BCUT2D eigenvalue weighted by Crippen LogP contribution is 2.37. The molecule has 2 heterocycles. The number of ether oxygens (including phenoxy) is 3. The van der Waals surface area contributed by atoms with E-state index in [9.17, 15) is 22.8 Å². The number of benzene rings is 3. The first kappa shape index (κ1) is 27.9. The summed E-state index contributed by atoms with van der Waals surface area (Å²) in [5, 5.41) is 0.0337. The number of amides is 2. The van der Waals surface area contributed by atoms with Crippen molar-refractivity contribution in [1.82, 2.24) is 4.31 Å². The van der Waals surface area contributed by atoms with Gasteiger partial charge in [-0.3, -0.25) is 9.59 Å². The van der Waals surface area contributed by atoms with Crippen molar-refractivity contribution in [2.45, 2.75) is 30.8 Å². The third kappa shape index (κ3) is 5.25. The van der Waals surface area contributed by atoms with E-state index in [2.05, 4.69) is 0 Å². The van der Waals surface area contributed by atoms with Crippen LogP contribution in [0, 0.1) is 0 Å². The lowest BCUT2D eigenvalue weighted by atomic mass is 10.1. The Morgan fingerprint density at radius 1 is 1.02 bits per heavy atom. The van der Waals surface area contributed by atoms with Crippen LogP contribution in [0.3, 0.4) is 0 Å². The number of fused-ring (bicyclic) bond motifs is 1. The van der Waals surface area contributed by atoms with Crippen LogP contribution in [0.5, 0.6) is 11.5 Å². The van der Waals surface area contributed by atoms with Gasteiger partial charge in [0.15, 0.2) is 11.5 Å². The molecule has 1 saturated heterocycles. The smallest absolute Gasteiger partial charge is 0.338 e. The predicted octanol–water partition coefficient (Wildman–Crippen LogP) is 4.42. The average molecular weight is 605 g/mol. The molecule has 0 N–H and O–H groups in total. The van der Waals surface area contributed by atoms with Gasteiger partial charge in [-0.15, -0.1) is 0 Å². The normalized spacial score (nSPS) is 16.6. The van der Waals surface area contributed by atoms with Crippen molar-refractivity contribution in [3.8, 4) is 11.5 Å². The Labute approximate surface area is 240 Å². The molecule has 2 amide bonds. The zero-order valence-electron chi connectivity index (χ0n) is 21.0. The number of anilines is 1. The number of halogens is 2. The molecule has 0 bridgehead atoms. The van der Waals surface area contributed by atoms with E-state index in [1.54, 1.807) is 25.1 Å². The molecule has 40 heavy (non-hydrogen) atoms. The van der Waals surface area contributed by atoms with E-state index in [1.807, 2.05) is 0 Å². The molecule has 0 spiro atoms. The largest absolute Gasteiger partial charge is 0.462 e. The predicted molar refractivity (Wildman–Crippen MR) is 145 cm³/mol. The molecule has 0 saturated carbocycles. The van der Waals surface area contributed by atoms with Gasteiger partial charge in [-0.1, -0.05) is 29.3 Å². The Balaban J connectivity index is 1.52. The summed E-state index contributed by atoms with van der Waals surface area (Å²) in [5.74, 6) is -0.989. The molecular weight excluding hydrogens is 583 g/mol. The summed E-state index contributed by atoms with van der Waals surface area (Å²) in [6.45, 7) is 1.61. The van der Waals surface area contributed by atoms with E-state index in [0.717, 1.165) is 9.21 Å². The lowest BCUT2D eigenvalue weighted by molar-refractivity contribution is -0.122. The van der Waals surface area contributed by atoms with Gasteiger partial charge in [0.1, 0.15) is 10.9 Å². The number of hydrogen-bond acceptors (Lipinski definition) is 8. The molecule has 13 heteroatoms. The Morgan fingerprint density at radius 3 is 2.48 bits per heavy atom. The van der Waals surface area contributed by atoms with E-state index in [4.69, 9.17) is 37.4 Å². The molecule has 1 unspecified atom stereocenters. The van der Waals surface area contributed by atoms with Crippen molar-refractivity contribution in [2.24, 2.45) is 0 Å². The van der Waals surface area contributed by atoms with Gasteiger partial charge in [0.05, 0.1) is 29.3 Å².